The summed E-state index contributed by atoms with van der Waals surface area (Å²) < 4.78 is 1.85. The summed E-state index contributed by atoms with van der Waals surface area (Å²) in [5.41, 5.74) is 0.818. The van der Waals surface area contributed by atoms with Gasteiger partial charge >= 0.3 is 5.97 Å². The highest BCUT2D eigenvalue weighted by Gasteiger charge is 2.51. The van der Waals surface area contributed by atoms with Gasteiger partial charge in [-0.15, -0.1) is 0 Å². The van der Waals surface area contributed by atoms with Gasteiger partial charge in [-0.3, -0.25) is 19.4 Å². The van der Waals surface area contributed by atoms with Gasteiger partial charge in [-0.1, -0.05) is 12.8 Å². The predicted molar refractivity (Wildman–Crippen MR) is 101 cm³/mol. The molecule has 7 heteroatoms. The summed E-state index contributed by atoms with van der Waals surface area (Å²) >= 11 is 0. The van der Waals surface area contributed by atoms with Crippen LogP contribution in [0.5, 0.6) is 0 Å². The summed E-state index contributed by atoms with van der Waals surface area (Å²) in [6.07, 6.45) is 5.50. The summed E-state index contributed by atoms with van der Waals surface area (Å²) in [7, 11) is 0. The highest BCUT2D eigenvalue weighted by molar-refractivity contribution is 6.28. The Morgan fingerprint density at radius 3 is 2.46 bits per heavy atom. The molecule has 2 aromatic heterocycles. The minimum atomic E-state index is -1.12. The molecule has 2 aliphatic rings. The third kappa shape index (κ3) is 2.66. The molecule has 1 fully saturated rings. The number of carbonyl (C=O) groups excluding carboxylic acids is 2. The van der Waals surface area contributed by atoms with Crippen molar-refractivity contribution in [2.45, 2.75) is 44.1 Å². The molecule has 1 aliphatic carbocycles. The van der Waals surface area contributed by atoms with Gasteiger partial charge in [-0.05, 0) is 37.1 Å². The van der Waals surface area contributed by atoms with Crippen LogP contribution >= 0.6 is 0 Å². The molecule has 0 atom stereocenters. The van der Waals surface area contributed by atoms with Crippen LogP contribution in [0.1, 0.15) is 44.2 Å². The Morgan fingerprint density at radius 2 is 1.82 bits per heavy atom. The Labute approximate surface area is 161 Å². The van der Waals surface area contributed by atoms with Crippen molar-refractivity contribution < 1.29 is 24.6 Å². The number of carbonyl (C=O) groups is 3. The fraction of sp³-hybridized carbons (Fsp3) is 0.333. The van der Waals surface area contributed by atoms with E-state index in [9.17, 15) is 19.5 Å². The first kappa shape index (κ1) is 18.2. The van der Waals surface area contributed by atoms with Crippen LogP contribution in [0.4, 0.5) is 0 Å². The maximum atomic E-state index is 13.5. The lowest BCUT2D eigenvalue weighted by atomic mass is 9.80. The zero-order valence-corrected chi connectivity index (χ0v) is 15.2. The van der Waals surface area contributed by atoms with E-state index in [1.165, 1.54) is 0 Å². The van der Waals surface area contributed by atoms with Crippen molar-refractivity contribution in [2.24, 2.45) is 0 Å². The highest BCUT2D eigenvalue weighted by Crippen LogP contribution is 2.48. The quantitative estimate of drug-likeness (QED) is 0.772. The lowest BCUT2D eigenvalue weighted by molar-refractivity contribution is -0.138. The smallest absolute Gasteiger partial charge is 0.303 e. The first-order valence-electron chi connectivity index (χ1n) is 9.32. The van der Waals surface area contributed by atoms with E-state index < -0.39 is 23.1 Å². The number of hydrogen-bond donors (Lipinski definition) is 2. The topological polar surface area (TPSA) is 109 Å². The molecule has 0 saturated heterocycles. The van der Waals surface area contributed by atoms with E-state index in [1.807, 2.05) is 16.7 Å². The number of hydrogen-bond acceptors (Lipinski definition) is 5. The van der Waals surface area contributed by atoms with Crippen LogP contribution in [-0.4, -0.2) is 37.3 Å². The lowest BCUT2D eigenvalue weighted by Gasteiger charge is -2.37. The number of pyridine rings is 1. The van der Waals surface area contributed by atoms with Gasteiger partial charge < -0.3 is 14.8 Å². The maximum absolute atomic E-state index is 13.5. The molecule has 2 aromatic rings. The van der Waals surface area contributed by atoms with Gasteiger partial charge in [0.25, 0.3) is 0 Å². The molecule has 2 N–H and O–H groups in total. The van der Waals surface area contributed by atoms with Crippen molar-refractivity contribution >= 4 is 23.3 Å². The first-order valence-corrected chi connectivity index (χ1v) is 9.32. The van der Waals surface area contributed by atoms with Gasteiger partial charge in [0.2, 0.25) is 0 Å². The van der Waals surface area contributed by atoms with Crippen LogP contribution in [0.15, 0.2) is 42.2 Å². The number of allylic oxidation sites excluding steroid dienone is 1. The number of aromatic nitrogens is 2. The van der Waals surface area contributed by atoms with Gasteiger partial charge in [-0.25, -0.2) is 0 Å². The number of carboxylic acid groups (broad SMARTS) is 1. The van der Waals surface area contributed by atoms with E-state index in [0.717, 1.165) is 24.1 Å². The number of fused-ring (bicyclic) bond motifs is 2. The SMILES string of the molecule is O=C(O)CCC(=O)C1=C(O)c2ccc(-c3cccnc3)n2C2(CCCC2)C1=O. The number of ketones is 2. The molecule has 1 spiro atoms. The highest BCUT2D eigenvalue weighted by atomic mass is 16.4. The van der Waals surface area contributed by atoms with Crippen LogP contribution in [-0.2, 0) is 19.9 Å². The van der Waals surface area contributed by atoms with E-state index >= 15 is 0 Å². The molecule has 1 aliphatic heterocycles. The number of aliphatic hydroxyl groups is 1. The van der Waals surface area contributed by atoms with E-state index in [4.69, 9.17) is 5.11 Å². The van der Waals surface area contributed by atoms with Crippen molar-refractivity contribution in [1.82, 2.24) is 9.55 Å². The number of Topliss-reactive ketones (excluding diaryl/α,β-unsaturated/α-hetero) is 2. The van der Waals surface area contributed by atoms with E-state index in [-0.39, 0.29) is 24.2 Å². The Bertz CT molecular complexity index is 997. The Kier molecular flexibility index (Phi) is 4.37. The average molecular weight is 380 g/mol. The molecule has 4 rings (SSSR count). The minimum Gasteiger partial charge on any atom is -0.505 e. The zero-order valence-electron chi connectivity index (χ0n) is 15.2. The molecule has 0 unspecified atom stereocenters. The molecule has 0 amide bonds. The standard InChI is InChI=1S/C21H20N2O5/c24-16(7-8-17(25)26)18-19(27)15-6-5-14(13-4-3-11-22-12-13)23(15)21(20(18)28)9-1-2-10-21/h3-6,11-12,27H,1-2,7-10H2,(H,25,26). The monoisotopic (exact) mass is 380 g/mol. The molecule has 0 bridgehead atoms. The van der Waals surface area contributed by atoms with Crippen molar-refractivity contribution in [3.8, 4) is 11.3 Å². The molecular weight excluding hydrogens is 360 g/mol. The number of nitrogens with zero attached hydrogens (tertiary/aromatic N) is 2. The summed E-state index contributed by atoms with van der Waals surface area (Å²) in [5.74, 6) is -2.51. The Morgan fingerprint density at radius 1 is 1.11 bits per heavy atom. The lowest BCUT2D eigenvalue weighted by Crippen LogP contribution is -2.46. The van der Waals surface area contributed by atoms with Gasteiger partial charge in [0.1, 0.15) is 11.1 Å². The second-order valence-corrected chi connectivity index (χ2v) is 7.29. The normalized spacial score (nSPS) is 17.8. The molecule has 7 nitrogen and oxygen atoms in total. The number of carboxylic acids is 1. The van der Waals surface area contributed by atoms with Gasteiger partial charge in [0.15, 0.2) is 17.3 Å². The second-order valence-electron chi connectivity index (χ2n) is 7.29. The third-order valence-corrected chi connectivity index (χ3v) is 5.67. The fourth-order valence-corrected chi connectivity index (χ4v) is 4.41. The van der Waals surface area contributed by atoms with E-state index in [1.54, 1.807) is 24.5 Å². The number of aliphatic carboxylic acids is 1. The molecule has 1 saturated carbocycles. The predicted octanol–water partition coefficient (Wildman–Crippen LogP) is 3.11. The Hall–Kier alpha value is -3.22. The first-order chi connectivity index (χ1) is 13.5. The van der Waals surface area contributed by atoms with Crippen LogP contribution < -0.4 is 0 Å². The van der Waals surface area contributed by atoms with Crippen LogP contribution in [0, 0.1) is 0 Å². The van der Waals surface area contributed by atoms with Crippen LogP contribution in [0.2, 0.25) is 0 Å². The minimum absolute atomic E-state index is 0.258. The molecule has 0 aromatic carbocycles. The molecule has 3 heterocycles. The number of aliphatic hydroxyl groups excluding tert-OH is 1. The van der Waals surface area contributed by atoms with Crippen LogP contribution in [0.3, 0.4) is 0 Å². The molecule has 28 heavy (non-hydrogen) atoms. The molecular formula is C21H20N2O5. The number of rotatable bonds is 5. The Balaban J connectivity index is 1.89. The van der Waals surface area contributed by atoms with Crippen molar-refractivity contribution in [3.05, 3.63) is 47.9 Å². The summed E-state index contributed by atoms with van der Waals surface area (Å²) in [6, 6.07) is 7.21. The van der Waals surface area contributed by atoms with Crippen molar-refractivity contribution in [1.29, 1.82) is 0 Å². The van der Waals surface area contributed by atoms with Crippen molar-refractivity contribution in [3.63, 3.8) is 0 Å². The van der Waals surface area contributed by atoms with E-state index in [0.29, 0.717) is 18.5 Å². The van der Waals surface area contributed by atoms with Crippen LogP contribution in [0.25, 0.3) is 17.0 Å². The fourth-order valence-electron chi connectivity index (χ4n) is 4.41. The maximum Gasteiger partial charge on any atom is 0.303 e. The average Bonchev–Trinajstić information content (AvgIpc) is 3.34. The zero-order chi connectivity index (χ0) is 19.9. The van der Waals surface area contributed by atoms with Gasteiger partial charge in [0, 0.05) is 24.4 Å². The summed E-state index contributed by atoms with van der Waals surface area (Å²) in [4.78, 5) is 41.1. The van der Waals surface area contributed by atoms with Crippen molar-refractivity contribution in [2.75, 3.05) is 0 Å². The third-order valence-electron chi connectivity index (χ3n) is 5.67. The summed E-state index contributed by atoms with van der Waals surface area (Å²) in [6.45, 7) is 0. The second kappa shape index (κ2) is 6.74. The molecule has 0 radical (unpaired) electrons. The largest absolute Gasteiger partial charge is 0.505 e. The van der Waals surface area contributed by atoms with E-state index in [2.05, 4.69) is 4.98 Å². The van der Waals surface area contributed by atoms with Gasteiger partial charge in [0.05, 0.1) is 17.8 Å². The summed E-state index contributed by atoms with van der Waals surface area (Å²) in [5, 5.41) is 19.6. The molecule has 144 valence electrons. The van der Waals surface area contributed by atoms with Gasteiger partial charge in [-0.2, -0.15) is 0 Å².